The van der Waals surface area contributed by atoms with Crippen LogP contribution in [0.2, 0.25) is 0 Å². The maximum atomic E-state index is 11.7. The van der Waals surface area contributed by atoms with Gasteiger partial charge < -0.3 is 0 Å². The first-order valence-corrected chi connectivity index (χ1v) is 6.20. The van der Waals surface area contributed by atoms with Crippen LogP contribution in [0.4, 0.5) is 5.69 Å². The Hall–Kier alpha value is -2.92. The van der Waals surface area contributed by atoms with E-state index < -0.39 is 0 Å². The van der Waals surface area contributed by atoms with Crippen LogP contribution >= 0.6 is 0 Å². The molecule has 20 heavy (non-hydrogen) atoms. The lowest BCUT2D eigenvalue weighted by Crippen LogP contribution is -1.84. The number of hydrogen-bond donors (Lipinski definition) is 0. The molecule has 0 radical (unpaired) electrons. The summed E-state index contributed by atoms with van der Waals surface area (Å²) in [6.45, 7) is 6.86. The molecular weight excluding hydrogens is 246 g/mol. The summed E-state index contributed by atoms with van der Waals surface area (Å²) in [7, 11) is 0. The third kappa shape index (κ3) is 4.08. The van der Waals surface area contributed by atoms with Crippen molar-refractivity contribution in [2.75, 3.05) is 0 Å². The predicted molar refractivity (Wildman–Crippen MR) is 82.2 cm³/mol. The molecular formula is C18H13NO. The molecule has 0 bridgehead atoms. The molecule has 0 aliphatic carbocycles. The molecule has 2 aromatic rings. The van der Waals surface area contributed by atoms with Crippen molar-refractivity contribution >= 4 is 23.6 Å². The van der Waals surface area contributed by atoms with Crippen molar-refractivity contribution in [3.8, 4) is 0 Å². The molecule has 0 fully saturated rings. The molecule has 2 heteroatoms. The molecule has 96 valence electrons. The highest BCUT2D eigenvalue weighted by atomic mass is 16.1. The molecule has 0 amide bonds. The van der Waals surface area contributed by atoms with E-state index in [-0.39, 0.29) is 5.78 Å². The van der Waals surface area contributed by atoms with Crippen LogP contribution in [0.3, 0.4) is 0 Å². The van der Waals surface area contributed by atoms with Crippen LogP contribution in [-0.4, -0.2) is 5.78 Å². The maximum absolute atomic E-state index is 11.7. The summed E-state index contributed by atoms with van der Waals surface area (Å²) in [5.41, 5.74) is 2.49. The lowest BCUT2D eigenvalue weighted by Gasteiger charge is -1.93. The lowest BCUT2D eigenvalue weighted by molar-refractivity contribution is -0.110. The van der Waals surface area contributed by atoms with Crippen molar-refractivity contribution in [1.29, 1.82) is 0 Å². The minimum atomic E-state index is -0.0666. The van der Waals surface area contributed by atoms with Crippen molar-refractivity contribution in [2.45, 2.75) is 0 Å². The quantitative estimate of drug-likeness (QED) is 0.583. The van der Waals surface area contributed by atoms with E-state index in [9.17, 15) is 4.79 Å². The van der Waals surface area contributed by atoms with Gasteiger partial charge in [0.2, 0.25) is 0 Å². The number of ketones is 1. The predicted octanol–water partition coefficient (Wildman–Crippen LogP) is 4.53. The van der Waals surface area contributed by atoms with Crippen molar-refractivity contribution in [2.24, 2.45) is 0 Å². The van der Waals surface area contributed by atoms with Gasteiger partial charge in [0.05, 0.1) is 6.57 Å². The van der Waals surface area contributed by atoms with Gasteiger partial charge in [0, 0.05) is 0 Å². The van der Waals surface area contributed by atoms with Crippen LogP contribution in [-0.2, 0) is 4.79 Å². The normalized spacial score (nSPS) is 10.8. The van der Waals surface area contributed by atoms with Gasteiger partial charge in [-0.2, -0.15) is 0 Å². The van der Waals surface area contributed by atoms with Crippen LogP contribution in [0.15, 0.2) is 66.7 Å². The van der Waals surface area contributed by atoms with Gasteiger partial charge in [0.25, 0.3) is 0 Å². The number of hydrogen-bond acceptors (Lipinski definition) is 1. The SMILES string of the molecule is [C-]#[N+]c1ccc(/C=C/C(=O)/C=C/c2ccccc2)cc1. The summed E-state index contributed by atoms with van der Waals surface area (Å²) in [5, 5.41) is 0. The van der Waals surface area contributed by atoms with Gasteiger partial charge >= 0.3 is 0 Å². The zero-order valence-electron chi connectivity index (χ0n) is 10.9. The molecule has 0 saturated heterocycles. The highest BCUT2D eigenvalue weighted by molar-refractivity contribution is 6.04. The molecule has 2 aromatic carbocycles. The van der Waals surface area contributed by atoms with Crippen LogP contribution in [0.5, 0.6) is 0 Å². The van der Waals surface area contributed by atoms with Gasteiger partial charge in [-0.3, -0.25) is 4.79 Å². The van der Waals surface area contributed by atoms with Crippen LogP contribution in [0.1, 0.15) is 11.1 Å². The van der Waals surface area contributed by atoms with Crippen molar-refractivity contribution in [1.82, 2.24) is 0 Å². The first kappa shape index (κ1) is 13.5. The van der Waals surface area contributed by atoms with Gasteiger partial charge in [-0.25, -0.2) is 4.85 Å². The lowest BCUT2D eigenvalue weighted by atomic mass is 10.1. The molecule has 0 unspecified atom stereocenters. The molecule has 2 rings (SSSR count). The third-order valence-electron chi connectivity index (χ3n) is 2.70. The Morgan fingerprint density at radius 1 is 0.850 bits per heavy atom. The molecule has 2 nitrogen and oxygen atoms in total. The highest BCUT2D eigenvalue weighted by Gasteiger charge is 1.92. The van der Waals surface area contributed by atoms with E-state index in [1.807, 2.05) is 42.5 Å². The smallest absolute Gasteiger partial charge is 0.187 e. The Kier molecular flexibility index (Phi) is 4.64. The average molecular weight is 259 g/mol. The zero-order chi connectivity index (χ0) is 14.2. The Balaban J connectivity index is 1.99. The number of benzene rings is 2. The van der Waals surface area contributed by atoms with Crippen LogP contribution < -0.4 is 0 Å². The van der Waals surface area contributed by atoms with E-state index in [1.165, 1.54) is 6.08 Å². The third-order valence-corrected chi connectivity index (χ3v) is 2.70. The molecule has 0 N–H and O–H groups in total. The Labute approximate surface area is 118 Å². The fraction of sp³-hybridized carbons (Fsp3) is 0. The summed E-state index contributed by atoms with van der Waals surface area (Å²) in [6.07, 6.45) is 6.59. The van der Waals surface area contributed by atoms with E-state index in [0.29, 0.717) is 5.69 Å². The number of carbonyl (C=O) groups excluding carboxylic acids is 1. The topological polar surface area (TPSA) is 21.4 Å². The van der Waals surface area contributed by atoms with Gasteiger partial charge in [-0.05, 0) is 23.3 Å². The molecule has 0 aliphatic heterocycles. The molecule has 0 spiro atoms. The van der Waals surface area contributed by atoms with Crippen LogP contribution in [0, 0.1) is 6.57 Å². The van der Waals surface area contributed by atoms with E-state index in [4.69, 9.17) is 6.57 Å². The van der Waals surface area contributed by atoms with Gasteiger partial charge in [0.15, 0.2) is 11.5 Å². The molecule has 0 saturated carbocycles. The van der Waals surface area contributed by atoms with E-state index >= 15 is 0 Å². The summed E-state index contributed by atoms with van der Waals surface area (Å²) >= 11 is 0. The maximum Gasteiger partial charge on any atom is 0.187 e. The van der Waals surface area contributed by atoms with Crippen molar-refractivity contribution in [3.05, 3.63) is 89.3 Å². The van der Waals surface area contributed by atoms with E-state index in [0.717, 1.165) is 11.1 Å². The first-order chi connectivity index (χ1) is 9.78. The number of carbonyl (C=O) groups is 1. The zero-order valence-corrected chi connectivity index (χ0v) is 10.9. The second-order valence-corrected chi connectivity index (χ2v) is 4.18. The minimum absolute atomic E-state index is 0.0666. The molecule has 0 aliphatic rings. The van der Waals surface area contributed by atoms with E-state index in [2.05, 4.69) is 4.85 Å². The van der Waals surface area contributed by atoms with Gasteiger partial charge in [-0.1, -0.05) is 66.7 Å². The number of allylic oxidation sites excluding steroid dienone is 2. The van der Waals surface area contributed by atoms with Gasteiger partial charge in [-0.15, -0.1) is 0 Å². The minimum Gasteiger partial charge on any atom is -0.290 e. The summed E-state index contributed by atoms with van der Waals surface area (Å²) < 4.78 is 0. The fourth-order valence-electron chi connectivity index (χ4n) is 1.64. The number of nitrogens with zero attached hydrogens (tertiary/aromatic N) is 1. The monoisotopic (exact) mass is 259 g/mol. The summed E-state index contributed by atoms with van der Waals surface area (Å²) in [5.74, 6) is -0.0666. The number of rotatable bonds is 4. The molecule has 0 atom stereocenters. The second-order valence-electron chi connectivity index (χ2n) is 4.18. The Bertz CT molecular complexity index is 674. The largest absolute Gasteiger partial charge is 0.290 e. The molecule has 0 heterocycles. The highest BCUT2D eigenvalue weighted by Crippen LogP contribution is 2.13. The van der Waals surface area contributed by atoms with Crippen molar-refractivity contribution < 1.29 is 4.79 Å². The first-order valence-electron chi connectivity index (χ1n) is 6.20. The van der Waals surface area contributed by atoms with E-state index in [1.54, 1.807) is 30.4 Å². The molecule has 0 aromatic heterocycles. The van der Waals surface area contributed by atoms with Gasteiger partial charge in [0.1, 0.15) is 0 Å². The fourth-order valence-corrected chi connectivity index (χ4v) is 1.64. The van der Waals surface area contributed by atoms with Crippen LogP contribution in [0.25, 0.3) is 17.0 Å². The summed E-state index contributed by atoms with van der Waals surface area (Å²) in [4.78, 5) is 15.0. The second kappa shape index (κ2) is 6.86. The van der Waals surface area contributed by atoms with Crippen molar-refractivity contribution in [3.63, 3.8) is 0 Å². The standard InChI is InChI=1S/C18H13NO/c1-19-17-11-7-16(8-12-17)10-14-18(20)13-9-15-5-3-2-4-6-15/h2-14H/b13-9+,14-10+. The Morgan fingerprint density at radius 2 is 1.40 bits per heavy atom. The average Bonchev–Trinajstić information content (AvgIpc) is 2.52. The Morgan fingerprint density at radius 3 is 1.95 bits per heavy atom. The summed E-state index contributed by atoms with van der Waals surface area (Å²) in [6, 6.07) is 16.8.